The molecule has 0 aliphatic rings. The van der Waals surface area contributed by atoms with Crippen molar-refractivity contribution in [2.75, 3.05) is 46.3 Å². The molecule has 0 saturated heterocycles. The molecule has 0 fully saturated rings. The van der Waals surface area contributed by atoms with E-state index < -0.39 is 22.0 Å². The Labute approximate surface area is 125 Å². The van der Waals surface area contributed by atoms with Gasteiger partial charge in [0.25, 0.3) is 0 Å². The van der Waals surface area contributed by atoms with Crippen LogP contribution in [0.2, 0.25) is 0 Å². The Bertz CT molecular complexity index is 421. The van der Waals surface area contributed by atoms with Crippen molar-refractivity contribution in [3.8, 4) is 0 Å². The number of carbonyl (C=O) groups is 2. The molecule has 0 bridgehead atoms. The molecule has 0 N–H and O–H groups in total. The molecule has 0 aliphatic carbocycles. The number of nitrogens with zero attached hydrogens (tertiary/aromatic N) is 1. The lowest BCUT2D eigenvalue weighted by Crippen LogP contribution is -2.40. The van der Waals surface area contributed by atoms with Crippen LogP contribution in [0.4, 0.5) is 0 Å². The quantitative estimate of drug-likeness (QED) is 0.484. The maximum atomic E-state index is 12.2. The molecule has 124 valence electrons. The van der Waals surface area contributed by atoms with Gasteiger partial charge >= 0.3 is 11.9 Å². The summed E-state index contributed by atoms with van der Waals surface area (Å²) in [6.45, 7) is 1.67. The Kier molecular flexibility index (Phi) is 9.93. The van der Waals surface area contributed by atoms with Crippen molar-refractivity contribution in [3.63, 3.8) is 0 Å². The number of ether oxygens (including phenoxy) is 3. The standard InChI is InChI=1S/C12H23NO7S/c1-4-20-12(15)10-13(7-8-18-2)21(16,17)9-5-6-11(14)19-3/h4-10H2,1-3H3. The molecular formula is C12H23NO7S. The highest BCUT2D eigenvalue weighted by atomic mass is 32.2. The van der Waals surface area contributed by atoms with Crippen molar-refractivity contribution in [1.82, 2.24) is 4.31 Å². The van der Waals surface area contributed by atoms with Crippen LogP contribution in [0.3, 0.4) is 0 Å². The van der Waals surface area contributed by atoms with Crippen LogP contribution >= 0.6 is 0 Å². The van der Waals surface area contributed by atoms with Gasteiger partial charge in [0.1, 0.15) is 6.54 Å². The molecule has 0 spiro atoms. The zero-order valence-electron chi connectivity index (χ0n) is 12.7. The molecule has 0 aromatic carbocycles. The Morgan fingerprint density at radius 1 is 1.14 bits per heavy atom. The number of esters is 2. The lowest BCUT2D eigenvalue weighted by molar-refractivity contribution is -0.143. The fourth-order valence-corrected chi connectivity index (χ4v) is 2.91. The number of sulfonamides is 1. The first-order valence-electron chi connectivity index (χ1n) is 6.56. The Hall–Kier alpha value is -1.19. The first kappa shape index (κ1) is 19.8. The average molecular weight is 325 g/mol. The van der Waals surface area contributed by atoms with E-state index in [0.29, 0.717) is 0 Å². The first-order valence-corrected chi connectivity index (χ1v) is 8.17. The summed E-state index contributed by atoms with van der Waals surface area (Å²) in [4.78, 5) is 22.4. The molecule has 8 nitrogen and oxygen atoms in total. The van der Waals surface area contributed by atoms with E-state index in [0.717, 1.165) is 4.31 Å². The maximum Gasteiger partial charge on any atom is 0.321 e. The lowest BCUT2D eigenvalue weighted by Gasteiger charge is -2.20. The van der Waals surface area contributed by atoms with E-state index >= 15 is 0 Å². The first-order chi connectivity index (χ1) is 9.87. The van der Waals surface area contributed by atoms with Crippen LogP contribution in [0.1, 0.15) is 19.8 Å². The summed E-state index contributed by atoms with van der Waals surface area (Å²) >= 11 is 0. The second kappa shape index (κ2) is 10.5. The lowest BCUT2D eigenvalue weighted by atomic mass is 10.3. The molecule has 0 saturated carbocycles. The minimum atomic E-state index is -3.67. The third-order valence-corrected chi connectivity index (χ3v) is 4.46. The monoisotopic (exact) mass is 325 g/mol. The van der Waals surface area contributed by atoms with Crippen molar-refractivity contribution >= 4 is 22.0 Å². The van der Waals surface area contributed by atoms with Crippen molar-refractivity contribution in [2.24, 2.45) is 0 Å². The number of rotatable bonds is 11. The van der Waals surface area contributed by atoms with Gasteiger partial charge in [0.2, 0.25) is 10.0 Å². The predicted molar refractivity (Wildman–Crippen MR) is 75.1 cm³/mol. The van der Waals surface area contributed by atoms with E-state index in [-0.39, 0.29) is 44.9 Å². The van der Waals surface area contributed by atoms with Gasteiger partial charge in [-0.3, -0.25) is 9.59 Å². The molecule has 0 aromatic rings. The van der Waals surface area contributed by atoms with Gasteiger partial charge in [-0.1, -0.05) is 0 Å². The smallest absolute Gasteiger partial charge is 0.321 e. The number of carbonyl (C=O) groups excluding carboxylic acids is 2. The summed E-state index contributed by atoms with van der Waals surface area (Å²) in [7, 11) is -0.992. The van der Waals surface area contributed by atoms with Gasteiger partial charge in [0, 0.05) is 20.1 Å². The van der Waals surface area contributed by atoms with E-state index in [9.17, 15) is 18.0 Å². The largest absolute Gasteiger partial charge is 0.469 e. The van der Waals surface area contributed by atoms with Crippen LogP contribution in [0.5, 0.6) is 0 Å². The Balaban J connectivity index is 4.62. The molecular weight excluding hydrogens is 302 g/mol. The Morgan fingerprint density at radius 3 is 2.33 bits per heavy atom. The van der Waals surface area contributed by atoms with Gasteiger partial charge in [0.05, 0.1) is 26.1 Å². The van der Waals surface area contributed by atoms with Crippen LogP contribution in [-0.4, -0.2) is 70.9 Å². The van der Waals surface area contributed by atoms with Crippen LogP contribution < -0.4 is 0 Å². The molecule has 0 aromatic heterocycles. The van der Waals surface area contributed by atoms with Crippen LogP contribution in [0.25, 0.3) is 0 Å². The molecule has 0 atom stereocenters. The fourth-order valence-electron chi connectivity index (χ4n) is 1.49. The third-order valence-electron chi connectivity index (χ3n) is 2.56. The van der Waals surface area contributed by atoms with Crippen molar-refractivity contribution in [1.29, 1.82) is 0 Å². The highest BCUT2D eigenvalue weighted by molar-refractivity contribution is 7.89. The predicted octanol–water partition coefficient (Wildman–Crippen LogP) is -0.219. The summed E-state index contributed by atoms with van der Waals surface area (Å²) in [5.41, 5.74) is 0. The molecule has 21 heavy (non-hydrogen) atoms. The van der Waals surface area contributed by atoms with Crippen LogP contribution in [-0.2, 0) is 33.8 Å². The molecule has 0 heterocycles. The summed E-state index contributed by atoms with van der Waals surface area (Å²) in [6, 6.07) is 0. The maximum absolute atomic E-state index is 12.2. The van der Waals surface area contributed by atoms with E-state index in [1.54, 1.807) is 6.92 Å². The summed E-state index contributed by atoms with van der Waals surface area (Å²) in [5, 5.41) is 0. The summed E-state index contributed by atoms with van der Waals surface area (Å²) < 4.78 is 39.3. The van der Waals surface area contributed by atoms with Crippen molar-refractivity contribution in [2.45, 2.75) is 19.8 Å². The number of methoxy groups -OCH3 is 2. The van der Waals surface area contributed by atoms with Gasteiger partial charge in [-0.15, -0.1) is 0 Å². The average Bonchev–Trinajstić information content (AvgIpc) is 2.43. The molecule has 0 aliphatic heterocycles. The van der Waals surface area contributed by atoms with Gasteiger partial charge < -0.3 is 14.2 Å². The van der Waals surface area contributed by atoms with E-state index in [1.165, 1.54) is 14.2 Å². The fraction of sp³-hybridized carbons (Fsp3) is 0.833. The van der Waals surface area contributed by atoms with Gasteiger partial charge in [0.15, 0.2) is 0 Å². The van der Waals surface area contributed by atoms with E-state index in [2.05, 4.69) is 4.74 Å². The summed E-state index contributed by atoms with van der Waals surface area (Å²) in [5.74, 6) is -1.34. The number of hydrogen-bond donors (Lipinski definition) is 0. The van der Waals surface area contributed by atoms with Gasteiger partial charge in [-0.25, -0.2) is 8.42 Å². The second-order valence-electron chi connectivity index (χ2n) is 4.13. The molecule has 9 heteroatoms. The normalized spacial score (nSPS) is 11.4. The Morgan fingerprint density at radius 2 is 1.81 bits per heavy atom. The highest BCUT2D eigenvalue weighted by Gasteiger charge is 2.25. The van der Waals surface area contributed by atoms with Gasteiger partial charge in [-0.2, -0.15) is 4.31 Å². The molecule has 0 amide bonds. The topological polar surface area (TPSA) is 99.2 Å². The van der Waals surface area contributed by atoms with Crippen LogP contribution in [0, 0.1) is 0 Å². The highest BCUT2D eigenvalue weighted by Crippen LogP contribution is 2.06. The SMILES string of the molecule is CCOC(=O)CN(CCOC)S(=O)(=O)CCCC(=O)OC. The molecule has 0 unspecified atom stereocenters. The minimum absolute atomic E-state index is 0.00720. The zero-order valence-corrected chi connectivity index (χ0v) is 13.5. The molecule has 0 radical (unpaired) electrons. The van der Waals surface area contributed by atoms with E-state index in [4.69, 9.17) is 9.47 Å². The minimum Gasteiger partial charge on any atom is -0.469 e. The number of hydrogen-bond acceptors (Lipinski definition) is 7. The summed E-state index contributed by atoms with van der Waals surface area (Å²) in [6.07, 6.45) is 0.134. The molecule has 0 rings (SSSR count). The van der Waals surface area contributed by atoms with Gasteiger partial charge in [-0.05, 0) is 13.3 Å². The van der Waals surface area contributed by atoms with Crippen molar-refractivity contribution < 1.29 is 32.2 Å². The second-order valence-corrected chi connectivity index (χ2v) is 6.22. The third kappa shape index (κ3) is 8.64. The van der Waals surface area contributed by atoms with E-state index in [1.807, 2.05) is 0 Å². The zero-order chi connectivity index (χ0) is 16.3. The van der Waals surface area contributed by atoms with Crippen molar-refractivity contribution in [3.05, 3.63) is 0 Å². The van der Waals surface area contributed by atoms with Crippen LogP contribution in [0.15, 0.2) is 0 Å².